The predicted molar refractivity (Wildman–Crippen MR) is 72.2 cm³/mol. The number of carboxylic acids is 2. The van der Waals surface area contributed by atoms with Crippen LogP contribution in [-0.4, -0.2) is 33.4 Å². The molecule has 5 heteroatoms. The average Bonchev–Trinajstić information content (AvgIpc) is 2.89. The van der Waals surface area contributed by atoms with Gasteiger partial charge in [0.05, 0.1) is 17.3 Å². The summed E-state index contributed by atoms with van der Waals surface area (Å²) in [7, 11) is 0. The highest BCUT2D eigenvalue weighted by Crippen LogP contribution is 2.38. The second-order valence-corrected chi connectivity index (χ2v) is 5.92. The van der Waals surface area contributed by atoms with E-state index in [0.29, 0.717) is 25.7 Å². The lowest BCUT2D eigenvalue weighted by Crippen LogP contribution is -2.27. The Labute approximate surface area is 118 Å². The molecule has 0 aliphatic heterocycles. The van der Waals surface area contributed by atoms with Crippen molar-refractivity contribution in [3.63, 3.8) is 0 Å². The smallest absolute Gasteiger partial charge is 0.332 e. The third-order valence-corrected chi connectivity index (χ3v) is 4.62. The van der Waals surface area contributed by atoms with E-state index in [0.717, 1.165) is 25.7 Å². The van der Waals surface area contributed by atoms with E-state index in [1.165, 1.54) is 0 Å². The Balaban J connectivity index is 2.33. The molecule has 0 atom stereocenters. The molecule has 0 spiro atoms. The van der Waals surface area contributed by atoms with Crippen molar-refractivity contribution in [3.05, 3.63) is 11.1 Å². The maximum Gasteiger partial charge on any atom is 0.332 e. The number of hydrogen-bond donors (Lipinski definition) is 3. The van der Waals surface area contributed by atoms with Gasteiger partial charge in [-0.05, 0) is 50.4 Å². The molecule has 0 aromatic heterocycles. The summed E-state index contributed by atoms with van der Waals surface area (Å²) in [5.41, 5.74) is 0.215. The van der Waals surface area contributed by atoms with Crippen molar-refractivity contribution >= 4 is 11.9 Å². The fraction of sp³-hybridized carbons (Fsp3) is 0.733. The van der Waals surface area contributed by atoms with E-state index in [1.54, 1.807) is 0 Å². The molecular formula is C15H22O5. The molecule has 112 valence electrons. The van der Waals surface area contributed by atoms with Crippen molar-refractivity contribution < 1.29 is 24.9 Å². The summed E-state index contributed by atoms with van der Waals surface area (Å²) in [6, 6.07) is 0. The van der Waals surface area contributed by atoms with Gasteiger partial charge in [-0.1, -0.05) is 12.8 Å². The standard InChI is InChI=1S/C15H22O5/c16-11-7-5-10(6-8-11)13(15(19)20)12(14(17)18)9-3-1-2-4-9/h9-11,16H,1-8H2,(H,17,18)(H,19,20). The van der Waals surface area contributed by atoms with Gasteiger partial charge < -0.3 is 15.3 Å². The number of aliphatic hydroxyl groups excluding tert-OH is 1. The first-order chi connectivity index (χ1) is 9.50. The lowest BCUT2D eigenvalue weighted by molar-refractivity contribution is -0.137. The molecule has 0 saturated heterocycles. The average molecular weight is 282 g/mol. The second kappa shape index (κ2) is 6.39. The number of rotatable bonds is 4. The molecule has 20 heavy (non-hydrogen) atoms. The molecule has 0 radical (unpaired) electrons. The fourth-order valence-corrected chi connectivity index (χ4v) is 3.60. The van der Waals surface area contributed by atoms with E-state index in [4.69, 9.17) is 0 Å². The second-order valence-electron chi connectivity index (χ2n) is 5.92. The Kier molecular flexibility index (Phi) is 4.81. The summed E-state index contributed by atoms with van der Waals surface area (Å²) in [4.78, 5) is 23.2. The van der Waals surface area contributed by atoms with Gasteiger partial charge in [0.25, 0.3) is 0 Å². The van der Waals surface area contributed by atoms with Crippen LogP contribution in [0.2, 0.25) is 0 Å². The zero-order chi connectivity index (χ0) is 14.7. The van der Waals surface area contributed by atoms with Crippen LogP contribution in [0.5, 0.6) is 0 Å². The Morgan fingerprint density at radius 3 is 1.50 bits per heavy atom. The van der Waals surface area contributed by atoms with Gasteiger partial charge in [-0.3, -0.25) is 0 Å². The van der Waals surface area contributed by atoms with Crippen molar-refractivity contribution in [2.24, 2.45) is 11.8 Å². The van der Waals surface area contributed by atoms with Crippen LogP contribution < -0.4 is 0 Å². The van der Waals surface area contributed by atoms with Crippen molar-refractivity contribution in [1.82, 2.24) is 0 Å². The summed E-state index contributed by atoms with van der Waals surface area (Å²) in [6.07, 6.45) is 5.34. The Morgan fingerprint density at radius 1 is 0.700 bits per heavy atom. The van der Waals surface area contributed by atoms with E-state index in [2.05, 4.69) is 0 Å². The predicted octanol–water partition coefficient (Wildman–Crippen LogP) is 2.19. The fourth-order valence-electron chi connectivity index (χ4n) is 3.60. The van der Waals surface area contributed by atoms with Crippen LogP contribution in [0.4, 0.5) is 0 Å². The molecule has 3 N–H and O–H groups in total. The van der Waals surface area contributed by atoms with Gasteiger partial charge in [0.1, 0.15) is 0 Å². The number of aliphatic hydroxyl groups is 1. The van der Waals surface area contributed by atoms with Gasteiger partial charge in [0.15, 0.2) is 0 Å². The van der Waals surface area contributed by atoms with E-state index in [1.807, 2.05) is 0 Å². The molecule has 0 aromatic rings. The molecule has 2 aliphatic carbocycles. The van der Waals surface area contributed by atoms with Crippen LogP contribution in [-0.2, 0) is 9.59 Å². The zero-order valence-electron chi connectivity index (χ0n) is 11.5. The van der Waals surface area contributed by atoms with Crippen LogP contribution in [0.25, 0.3) is 0 Å². The Morgan fingerprint density at radius 2 is 1.10 bits per heavy atom. The van der Waals surface area contributed by atoms with Gasteiger partial charge >= 0.3 is 11.9 Å². The highest BCUT2D eigenvalue weighted by molar-refractivity contribution is 5.99. The molecule has 0 bridgehead atoms. The molecular weight excluding hydrogens is 260 g/mol. The number of aliphatic carboxylic acids is 2. The summed E-state index contributed by atoms with van der Waals surface area (Å²) < 4.78 is 0. The van der Waals surface area contributed by atoms with Gasteiger partial charge in [0.2, 0.25) is 0 Å². The van der Waals surface area contributed by atoms with Crippen molar-refractivity contribution in [2.75, 3.05) is 0 Å². The normalized spacial score (nSPS) is 29.1. The third-order valence-electron chi connectivity index (χ3n) is 4.62. The number of hydrogen-bond acceptors (Lipinski definition) is 3. The third kappa shape index (κ3) is 3.20. The molecule has 2 fully saturated rings. The molecule has 0 amide bonds. The minimum Gasteiger partial charge on any atom is -0.478 e. The summed E-state index contributed by atoms with van der Waals surface area (Å²) in [6.45, 7) is 0. The first kappa shape index (κ1) is 15.0. The van der Waals surface area contributed by atoms with Gasteiger partial charge in [0, 0.05) is 0 Å². The number of carboxylic acid groups (broad SMARTS) is 2. The molecule has 2 saturated carbocycles. The number of carbonyl (C=O) groups is 2. The topological polar surface area (TPSA) is 94.8 Å². The largest absolute Gasteiger partial charge is 0.478 e. The molecule has 0 aromatic carbocycles. The van der Waals surface area contributed by atoms with Crippen molar-refractivity contribution in [2.45, 2.75) is 57.5 Å². The van der Waals surface area contributed by atoms with Crippen LogP contribution in [0.15, 0.2) is 11.1 Å². The summed E-state index contributed by atoms with van der Waals surface area (Å²) in [5.74, 6) is -2.54. The Bertz CT molecular complexity index is 412. The van der Waals surface area contributed by atoms with Crippen LogP contribution in [0.1, 0.15) is 51.4 Å². The highest BCUT2D eigenvalue weighted by atomic mass is 16.4. The van der Waals surface area contributed by atoms with E-state index in [9.17, 15) is 24.9 Å². The van der Waals surface area contributed by atoms with Gasteiger partial charge in [-0.2, -0.15) is 0 Å². The lowest BCUT2D eigenvalue weighted by Gasteiger charge is -2.28. The van der Waals surface area contributed by atoms with E-state index in [-0.39, 0.29) is 29.1 Å². The first-order valence-electron chi connectivity index (χ1n) is 7.39. The molecule has 0 heterocycles. The van der Waals surface area contributed by atoms with Gasteiger partial charge in [-0.15, -0.1) is 0 Å². The molecule has 0 unspecified atom stereocenters. The van der Waals surface area contributed by atoms with E-state index >= 15 is 0 Å². The monoisotopic (exact) mass is 282 g/mol. The van der Waals surface area contributed by atoms with Crippen LogP contribution in [0, 0.1) is 11.8 Å². The molecule has 5 nitrogen and oxygen atoms in total. The Hall–Kier alpha value is -1.36. The quantitative estimate of drug-likeness (QED) is 0.687. The van der Waals surface area contributed by atoms with Crippen LogP contribution >= 0.6 is 0 Å². The summed E-state index contributed by atoms with van der Waals surface area (Å²) in [5, 5.41) is 28.5. The van der Waals surface area contributed by atoms with Crippen molar-refractivity contribution in [1.29, 1.82) is 0 Å². The highest BCUT2D eigenvalue weighted by Gasteiger charge is 2.35. The zero-order valence-corrected chi connectivity index (χ0v) is 11.5. The SMILES string of the molecule is O=C(O)C(=C(C(=O)O)C1CCC(O)CC1)C1CCCC1. The minimum absolute atomic E-state index is 0.0938. The molecule has 2 aliphatic rings. The molecule has 2 rings (SSSR count). The van der Waals surface area contributed by atoms with Gasteiger partial charge in [-0.25, -0.2) is 9.59 Å². The first-order valence-corrected chi connectivity index (χ1v) is 7.39. The summed E-state index contributed by atoms with van der Waals surface area (Å²) >= 11 is 0. The van der Waals surface area contributed by atoms with Crippen LogP contribution in [0.3, 0.4) is 0 Å². The maximum atomic E-state index is 11.6. The van der Waals surface area contributed by atoms with E-state index < -0.39 is 11.9 Å². The van der Waals surface area contributed by atoms with Crippen molar-refractivity contribution in [3.8, 4) is 0 Å². The minimum atomic E-state index is -1.10. The lowest BCUT2D eigenvalue weighted by atomic mass is 9.78. The maximum absolute atomic E-state index is 11.6.